The van der Waals surface area contributed by atoms with E-state index in [0.29, 0.717) is 17.3 Å². The van der Waals surface area contributed by atoms with Crippen LogP contribution in [-0.4, -0.2) is 104 Å². The molecule has 0 unspecified atom stereocenters. The van der Waals surface area contributed by atoms with Crippen molar-refractivity contribution < 1.29 is 36.0 Å². The molecule has 6 atom stereocenters. The Morgan fingerprint density at radius 2 is 1.71 bits per heavy atom. The molecule has 18 heteroatoms. The van der Waals surface area contributed by atoms with Gasteiger partial charge >= 0.3 is 6.03 Å². The number of urea groups is 1. The highest BCUT2D eigenvalue weighted by Crippen LogP contribution is 2.88. The number of aromatic amines is 1. The van der Waals surface area contributed by atoms with Crippen molar-refractivity contribution in [1.29, 1.82) is 0 Å². The molecule has 3 heterocycles. The van der Waals surface area contributed by atoms with E-state index in [0.717, 1.165) is 23.6 Å². The first kappa shape index (κ1) is 45.2. The van der Waals surface area contributed by atoms with Gasteiger partial charge in [-0.15, -0.1) is 6.58 Å². The van der Waals surface area contributed by atoms with Gasteiger partial charge in [0, 0.05) is 55.3 Å². The summed E-state index contributed by atoms with van der Waals surface area (Å²) in [5, 5.41) is 9.21. The minimum atomic E-state index is -4.38. The first-order valence-corrected chi connectivity index (χ1v) is 24.1. The maximum atomic E-state index is 14.9. The average molecular weight is 893 g/mol. The Morgan fingerprint density at radius 3 is 2.27 bits per heavy atom. The van der Waals surface area contributed by atoms with E-state index >= 15 is 0 Å². The van der Waals surface area contributed by atoms with Crippen LogP contribution in [0.1, 0.15) is 80.6 Å². The van der Waals surface area contributed by atoms with Crippen molar-refractivity contribution in [3.05, 3.63) is 67.5 Å². The Kier molecular flexibility index (Phi) is 11.3. The Morgan fingerprint density at radius 1 is 1.00 bits per heavy atom. The van der Waals surface area contributed by atoms with Crippen LogP contribution in [0.4, 0.5) is 4.79 Å². The topological polar surface area (TPSA) is 220 Å². The van der Waals surface area contributed by atoms with Gasteiger partial charge in [-0.3, -0.25) is 14.4 Å². The molecule has 3 aliphatic carbocycles. The Balaban J connectivity index is 1.12. The number of hydrogen-bond donors (Lipinski definition) is 5. The monoisotopic (exact) mass is 892 g/mol. The third kappa shape index (κ3) is 7.28. The molecule has 3 saturated carbocycles. The minimum absolute atomic E-state index is 0.0710. The molecule has 62 heavy (non-hydrogen) atoms. The van der Waals surface area contributed by atoms with E-state index in [2.05, 4.69) is 51.1 Å². The van der Waals surface area contributed by atoms with Crippen LogP contribution >= 0.6 is 0 Å². The third-order valence-corrected chi connectivity index (χ3v) is 17.9. The normalized spacial score (nSPS) is 25.9. The number of nitrogens with zero attached hydrogens (tertiary/aromatic N) is 3. The molecular formula is C44H60N8O8S2. The number of amides is 5. The molecule has 2 aromatic heterocycles. The Hall–Kier alpha value is -4.81. The zero-order valence-corrected chi connectivity index (χ0v) is 38.4. The van der Waals surface area contributed by atoms with Gasteiger partial charge in [-0.2, -0.15) is 4.31 Å². The van der Waals surface area contributed by atoms with Crippen molar-refractivity contribution in [3.63, 3.8) is 0 Å². The van der Waals surface area contributed by atoms with Gasteiger partial charge in [0.25, 0.3) is 26.0 Å². The zero-order chi connectivity index (χ0) is 45.4. The van der Waals surface area contributed by atoms with E-state index in [-0.39, 0.29) is 40.3 Å². The summed E-state index contributed by atoms with van der Waals surface area (Å²) in [6, 6.07) is 7.53. The van der Waals surface area contributed by atoms with Crippen LogP contribution in [0.5, 0.6) is 0 Å². The van der Waals surface area contributed by atoms with E-state index in [1.165, 1.54) is 31.5 Å². The maximum Gasteiger partial charge on any atom is 0.315 e. The molecule has 16 nitrogen and oxygen atoms in total. The molecule has 5 N–H and O–H groups in total. The largest absolute Gasteiger partial charge is 0.360 e. The number of fused-ring (bicyclic) bond motifs is 2. The third-order valence-electron chi connectivity index (χ3n) is 14.8. The molecule has 5 amide bonds. The van der Waals surface area contributed by atoms with Crippen LogP contribution in [0.2, 0.25) is 0 Å². The molecule has 2 spiro atoms. The maximum absolute atomic E-state index is 14.9. The predicted octanol–water partition coefficient (Wildman–Crippen LogP) is 4.29. The second-order valence-electron chi connectivity index (χ2n) is 19.7. The molecule has 4 fully saturated rings. The van der Waals surface area contributed by atoms with Crippen LogP contribution in [-0.2, 0) is 34.4 Å². The number of benzene rings is 1. The molecule has 4 aliphatic rings. The van der Waals surface area contributed by atoms with Crippen LogP contribution in [0.25, 0.3) is 10.9 Å². The number of likely N-dealkylation sites (N-methyl/N-ethyl adjacent to an activating group) is 1. The summed E-state index contributed by atoms with van der Waals surface area (Å²) in [7, 11) is -6.95. The first-order chi connectivity index (χ1) is 28.9. The van der Waals surface area contributed by atoms with Crippen LogP contribution in [0.3, 0.4) is 0 Å². The molecule has 0 bridgehead atoms. The minimum Gasteiger partial charge on any atom is -0.360 e. The highest BCUT2D eigenvalue weighted by molar-refractivity contribution is 7.90. The van der Waals surface area contributed by atoms with E-state index < -0.39 is 90.1 Å². The number of para-hydroxylation sites is 1. The molecule has 3 aromatic rings. The van der Waals surface area contributed by atoms with Gasteiger partial charge in [0.2, 0.25) is 11.8 Å². The van der Waals surface area contributed by atoms with Crippen molar-refractivity contribution in [2.75, 3.05) is 20.1 Å². The van der Waals surface area contributed by atoms with Crippen LogP contribution < -0.4 is 20.7 Å². The van der Waals surface area contributed by atoms with Gasteiger partial charge in [-0.05, 0) is 72.1 Å². The average Bonchev–Trinajstić information content (AvgIpc) is 3.70. The fraction of sp³-hybridized carbons (Fsp3) is 0.568. The van der Waals surface area contributed by atoms with E-state index in [1.807, 2.05) is 20.8 Å². The lowest BCUT2D eigenvalue weighted by Gasteiger charge is -2.35. The lowest BCUT2D eigenvalue weighted by Crippen LogP contribution is -2.60. The number of sulfonamides is 2. The van der Waals surface area contributed by atoms with E-state index in [9.17, 15) is 36.0 Å². The summed E-state index contributed by atoms with van der Waals surface area (Å²) >= 11 is 0. The fourth-order valence-electron chi connectivity index (χ4n) is 10.5. The second kappa shape index (κ2) is 15.5. The number of carbonyl (C=O) groups excluding carboxylic acids is 4. The number of carbonyl (C=O) groups is 4. The van der Waals surface area contributed by atoms with Gasteiger partial charge < -0.3 is 25.8 Å². The molecule has 336 valence electrons. The lowest BCUT2D eigenvalue weighted by atomic mass is 9.73. The number of nitrogens with one attached hydrogen (secondary N) is 5. The number of rotatable bonds is 14. The summed E-state index contributed by atoms with van der Waals surface area (Å²) in [5.41, 5.74) is -2.57. The first-order valence-electron chi connectivity index (χ1n) is 21.2. The summed E-state index contributed by atoms with van der Waals surface area (Å²) in [6.45, 7) is 17.6. The van der Waals surface area contributed by atoms with Gasteiger partial charge in [-0.1, -0.05) is 79.2 Å². The molecule has 1 saturated heterocycles. The van der Waals surface area contributed by atoms with Gasteiger partial charge in [-0.25, -0.2) is 31.3 Å². The van der Waals surface area contributed by atoms with Crippen molar-refractivity contribution in [2.45, 2.75) is 114 Å². The van der Waals surface area contributed by atoms with Crippen molar-refractivity contribution >= 4 is 54.7 Å². The van der Waals surface area contributed by atoms with Crippen molar-refractivity contribution in [1.82, 2.24) is 39.8 Å². The smallest absolute Gasteiger partial charge is 0.315 e. The SMILES string of the molecule is C=C[C@@H]1C[C@]1(NC(=O)[C@@H]1C[C@@]2(CN1C(=O)[C@@H](NC(=O)N[C@H](CN(C)S(=O)(=O)c1ccccn1)C(C)(C)C)C(C)C)C(C)(C)C21CCC1)C(=O)NS(=O)(=O)c1cccc2cc[nH]c12. The number of pyridine rings is 1. The Labute approximate surface area is 364 Å². The number of likely N-dealkylation sites (tertiary alicyclic amines) is 1. The zero-order valence-electron chi connectivity index (χ0n) is 36.7. The highest BCUT2D eigenvalue weighted by Gasteiger charge is 2.85. The van der Waals surface area contributed by atoms with E-state index in [1.54, 1.807) is 55.3 Å². The Bertz CT molecular complexity index is 2510. The number of hydrogen-bond acceptors (Lipinski definition) is 9. The molecule has 7 rings (SSSR count). The molecule has 1 aromatic carbocycles. The number of H-pyrrole nitrogens is 1. The van der Waals surface area contributed by atoms with Gasteiger partial charge in [0.15, 0.2) is 5.03 Å². The predicted molar refractivity (Wildman–Crippen MR) is 233 cm³/mol. The van der Waals surface area contributed by atoms with E-state index in [4.69, 9.17) is 0 Å². The summed E-state index contributed by atoms with van der Waals surface area (Å²) in [4.78, 5) is 66.0. The van der Waals surface area contributed by atoms with Crippen LogP contribution in [0.15, 0.2) is 77.4 Å². The van der Waals surface area contributed by atoms with Crippen molar-refractivity contribution in [3.8, 4) is 0 Å². The lowest BCUT2D eigenvalue weighted by molar-refractivity contribution is -0.141. The summed E-state index contributed by atoms with van der Waals surface area (Å²) in [5.74, 6) is -2.97. The summed E-state index contributed by atoms with van der Waals surface area (Å²) < 4.78 is 57.4. The van der Waals surface area contributed by atoms with Crippen molar-refractivity contribution in [2.24, 2.45) is 33.5 Å². The standard InChI is InChI=1S/C44H60N8O8S2/c1-10-29-23-44(29,38(55)50-61(57,58)31-16-13-15-28-18-22-46-35(28)31)49-36(53)30-24-43(41(7,8)42(43)19-14-20-42)26-52(30)37(54)34(27(2)3)48-39(56)47-32(40(4,5)6)25-51(9)62(59,60)33-17-11-12-21-45-33/h10-13,15-18,21-22,27,29-30,32,34,46H,1,14,19-20,23-26H2,2-9H3,(H,49,53)(H,50,55)(H2,47,48,56)/t29-,30+,32-,34+,43-,44-/m1/s1. The molecule has 0 radical (unpaired) electrons. The van der Waals surface area contributed by atoms with Crippen LogP contribution in [0, 0.1) is 33.5 Å². The summed E-state index contributed by atoms with van der Waals surface area (Å²) in [6.07, 6.45) is 7.91. The quantitative estimate of drug-likeness (QED) is 0.146. The van der Waals surface area contributed by atoms with Gasteiger partial charge in [0.1, 0.15) is 22.5 Å². The highest BCUT2D eigenvalue weighted by atomic mass is 32.2. The fourth-order valence-corrected chi connectivity index (χ4v) is 12.9. The molecule has 1 aliphatic heterocycles. The number of aromatic nitrogens is 2. The second-order valence-corrected chi connectivity index (χ2v) is 23.3. The van der Waals surface area contributed by atoms with Gasteiger partial charge in [0.05, 0.1) is 5.52 Å². The molecular weight excluding hydrogens is 833 g/mol.